The first-order valence-corrected chi connectivity index (χ1v) is 10.0. The standard InChI is InChI=1S/C18H27NO5S/c1-7-25(22,23)16-11-9-8-10-15(16)18(21)24-14(6)17(20)19(12(2)3)13(4)5/h8-14H,7H2,1-6H3/t14-/m1/s1. The number of sulfone groups is 1. The number of esters is 1. The predicted octanol–water partition coefficient (Wildman–Crippen LogP) is 2.67. The normalized spacial score (nSPS) is 13.0. The lowest BCUT2D eigenvalue weighted by Crippen LogP contribution is -2.47. The molecule has 0 saturated carbocycles. The van der Waals surface area contributed by atoms with E-state index in [0.29, 0.717) is 0 Å². The molecule has 1 atom stereocenters. The molecular formula is C18H27NO5S. The topological polar surface area (TPSA) is 80.7 Å². The molecule has 0 aromatic heterocycles. The average Bonchev–Trinajstić information content (AvgIpc) is 2.53. The zero-order valence-corrected chi connectivity index (χ0v) is 16.5. The highest BCUT2D eigenvalue weighted by atomic mass is 32.2. The van der Waals surface area contributed by atoms with Gasteiger partial charge in [0.1, 0.15) is 0 Å². The van der Waals surface area contributed by atoms with Crippen LogP contribution >= 0.6 is 0 Å². The van der Waals surface area contributed by atoms with Gasteiger partial charge in [0.15, 0.2) is 15.9 Å². The van der Waals surface area contributed by atoms with E-state index < -0.39 is 21.9 Å². The Morgan fingerprint density at radius 3 is 2.04 bits per heavy atom. The summed E-state index contributed by atoms with van der Waals surface area (Å²) >= 11 is 0. The predicted molar refractivity (Wildman–Crippen MR) is 96.2 cm³/mol. The van der Waals surface area contributed by atoms with E-state index in [9.17, 15) is 18.0 Å². The van der Waals surface area contributed by atoms with Gasteiger partial charge in [-0.1, -0.05) is 19.1 Å². The smallest absolute Gasteiger partial charge is 0.340 e. The fourth-order valence-electron chi connectivity index (χ4n) is 2.65. The second-order valence-corrected chi connectivity index (χ2v) is 8.63. The zero-order chi connectivity index (χ0) is 19.4. The number of benzene rings is 1. The lowest BCUT2D eigenvalue weighted by molar-refractivity contribution is -0.143. The number of nitrogens with zero attached hydrogens (tertiary/aromatic N) is 1. The van der Waals surface area contributed by atoms with Crippen LogP contribution in [0.4, 0.5) is 0 Å². The summed E-state index contributed by atoms with van der Waals surface area (Å²) in [4.78, 5) is 26.6. The first-order valence-electron chi connectivity index (χ1n) is 8.37. The Morgan fingerprint density at radius 1 is 1.04 bits per heavy atom. The van der Waals surface area contributed by atoms with Gasteiger partial charge in [-0.2, -0.15) is 0 Å². The van der Waals surface area contributed by atoms with Gasteiger partial charge in [-0.25, -0.2) is 13.2 Å². The molecule has 0 fully saturated rings. The minimum Gasteiger partial charge on any atom is -0.449 e. The zero-order valence-electron chi connectivity index (χ0n) is 15.6. The molecule has 0 radical (unpaired) electrons. The fraction of sp³-hybridized carbons (Fsp3) is 0.556. The van der Waals surface area contributed by atoms with Crippen LogP contribution in [0.5, 0.6) is 0 Å². The quantitative estimate of drug-likeness (QED) is 0.690. The minimum atomic E-state index is -3.57. The molecule has 0 aliphatic carbocycles. The van der Waals surface area contributed by atoms with Crippen molar-refractivity contribution in [1.82, 2.24) is 4.90 Å². The summed E-state index contributed by atoms with van der Waals surface area (Å²) in [7, 11) is -3.57. The fourth-order valence-corrected chi connectivity index (χ4v) is 3.73. The highest BCUT2D eigenvalue weighted by Gasteiger charge is 2.29. The van der Waals surface area contributed by atoms with Crippen LogP contribution in [0.25, 0.3) is 0 Å². The Morgan fingerprint density at radius 2 is 1.56 bits per heavy atom. The maximum absolute atomic E-state index is 12.6. The third kappa shape index (κ3) is 5.04. The van der Waals surface area contributed by atoms with Crippen LogP contribution in [0.3, 0.4) is 0 Å². The van der Waals surface area contributed by atoms with Crippen molar-refractivity contribution in [2.24, 2.45) is 0 Å². The van der Waals surface area contributed by atoms with Crippen molar-refractivity contribution in [2.45, 2.75) is 64.6 Å². The summed E-state index contributed by atoms with van der Waals surface area (Å²) in [6.45, 7) is 10.5. The molecule has 25 heavy (non-hydrogen) atoms. The van der Waals surface area contributed by atoms with E-state index in [4.69, 9.17) is 4.74 Å². The van der Waals surface area contributed by atoms with E-state index >= 15 is 0 Å². The molecule has 0 saturated heterocycles. The maximum Gasteiger partial charge on any atom is 0.340 e. The summed E-state index contributed by atoms with van der Waals surface area (Å²) in [5.74, 6) is -1.25. The first kappa shape index (κ1) is 21.2. The van der Waals surface area contributed by atoms with Crippen molar-refractivity contribution in [3.8, 4) is 0 Å². The largest absolute Gasteiger partial charge is 0.449 e. The van der Waals surface area contributed by atoms with Gasteiger partial charge in [-0.3, -0.25) is 4.79 Å². The molecule has 1 rings (SSSR count). The lowest BCUT2D eigenvalue weighted by Gasteiger charge is -2.32. The molecule has 0 aliphatic rings. The van der Waals surface area contributed by atoms with Gasteiger partial charge in [0.2, 0.25) is 0 Å². The highest BCUT2D eigenvalue weighted by molar-refractivity contribution is 7.91. The van der Waals surface area contributed by atoms with Crippen LogP contribution in [0.15, 0.2) is 29.2 Å². The molecule has 7 heteroatoms. The van der Waals surface area contributed by atoms with Gasteiger partial charge in [-0.05, 0) is 46.8 Å². The van der Waals surface area contributed by atoms with Crippen LogP contribution < -0.4 is 0 Å². The Balaban J connectivity index is 3.06. The Hall–Kier alpha value is -1.89. The van der Waals surface area contributed by atoms with E-state index in [1.165, 1.54) is 26.0 Å². The number of amides is 1. The van der Waals surface area contributed by atoms with Crippen molar-refractivity contribution in [3.63, 3.8) is 0 Å². The third-order valence-electron chi connectivity index (χ3n) is 3.82. The molecule has 0 unspecified atom stereocenters. The number of ether oxygens (including phenoxy) is 1. The minimum absolute atomic E-state index is 0.0404. The molecule has 140 valence electrons. The van der Waals surface area contributed by atoms with Crippen molar-refractivity contribution in [3.05, 3.63) is 29.8 Å². The second-order valence-electron chi connectivity index (χ2n) is 6.38. The van der Waals surface area contributed by atoms with Crippen LogP contribution in [-0.2, 0) is 19.4 Å². The molecule has 0 spiro atoms. The molecule has 0 N–H and O–H groups in total. The van der Waals surface area contributed by atoms with Crippen molar-refractivity contribution in [1.29, 1.82) is 0 Å². The van der Waals surface area contributed by atoms with E-state index in [0.717, 1.165) is 0 Å². The van der Waals surface area contributed by atoms with Crippen molar-refractivity contribution in [2.75, 3.05) is 5.75 Å². The van der Waals surface area contributed by atoms with Gasteiger partial charge in [-0.15, -0.1) is 0 Å². The summed E-state index contributed by atoms with van der Waals surface area (Å²) in [6, 6.07) is 5.79. The van der Waals surface area contributed by atoms with Crippen LogP contribution in [0, 0.1) is 0 Å². The summed E-state index contributed by atoms with van der Waals surface area (Å²) < 4.78 is 29.6. The van der Waals surface area contributed by atoms with Gasteiger partial charge < -0.3 is 9.64 Å². The van der Waals surface area contributed by atoms with E-state index in [1.54, 1.807) is 17.0 Å². The molecule has 0 heterocycles. The molecule has 0 aliphatic heterocycles. The summed E-state index contributed by atoms with van der Waals surface area (Å²) in [5, 5.41) is 0. The summed E-state index contributed by atoms with van der Waals surface area (Å²) in [5.41, 5.74) is -0.0513. The van der Waals surface area contributed by atoms with Gasteiger partial charge >= 0.3 is 5.97 Å². The Kier molecular flexibility index (Phi) is 7.17. The molecule has 6 nitrogen and oxygen atoms in total. The van der Waals surface area contributed by atoms with E-state index in [1.807, 2.05) is 27.7 Å². The van der Waals surface area contributed by atoms with Crippen molar-refractivity contribution < 1.29 is 22.7 Å². The molecule has 1 aromatic rings. The lowest BCUT2D eigenvalue weighted by atomic mass is 10.2. The summed E-state index contributed by atoms with van der Waals surface area (Å²) in [6.07, 6.45) is -1.00. The Labute approximate surface area is 150 Å². The van der Waals surface area contributed by atoms with Gasteiger partial charge in [0.25, 0.3) is 5.91 Å². The highest BCUT2D eigenvalue weighted by Crippen LogP contribution is 2.19. The number of rotatable bonds is 7. The van der Waals surface area contributed by atoms with Crippen molar-refractivity contribution >= 4 is 21.7 Å². The molecule has 1 aromatic carbocycles. The number of carbonyl (C=O) groups excluding carboxylic acids is 2. The van der Waals surface area contributed by atoms with Crippen LogP contribution in [0.2, 0.25) is 0 Å². The second kappa shape index (κ2) is 8.47. The average molecular weight is 369 g/mol. The van der Waals surface area contributed by atoms with E-state index in [2.05, 4.69) is 0 Å². The van der Waals surface area contributed by atoms with Crippen LogP contribution in [-0.4, -0.2) is 49.1 Å². The number of hydrogen-bond acceptors (Lipinski definition) is 5. The molecular weight excluding hydrogens is 342 g/mol. The van der Waals surface area contributed by atoms with Gasteiger partial charge in [0.05, 0.1) is 16.2 Å². The van der Waals surface area contributed by atoms with E-state index in [-0.39, 0.29) is 34.2 Å². The molecule has 0 bridgehead atoms. The number of carbonyl (C=O) groups is 2. The van der Waals surface area contributed by atoms with Gasteiger partial charge in [0, 0.05) is 12.1 Å². The SMILES string of the molecule is CCS(=O)(=O)c1ccccc1C(=O)O[C@H](C)C(=O)N(C(C)C)C(C)C. The number of hydrogen-bond donors (Lipinski definition) is 0. The third-order valence-corrected chi connectivity index (χ3v) is 5.61. The monoisotopic (exact) mass is 369 g/mol. The first-order chi connectivity index (χ1) is 11.5. The molecule has 1 amide bonds. The maximum atomic E-state index is 12.6. The van der Waals surface area contributed by atoms with Crippen LogP contribution in [0.1, 0.15) is 51.9 Å². The Bertz CT molecular complexity index is 717.